The molecule has 5 nitrogen and oxygen atoms in total. The van der Waals surface area contributed by atoms with Crippen LogP contribution in [0.25, 0.3) is 10.9 Å². The van der Waals surface area contributed by atoms with Gasteiger partial charge >= 0.3 is 0 Å². The number of aliphatic hydroxyl groups excluding tert-OH is 1. The number of benzene rings is 1. The minimum atomic E-state index is -4.53. The van der Waals surface area contributed by atoms with Crippen LogP contribution in [-0.2, 0) is 10.1 Å². The van der Waals surface area contributed by atoms with Crippen molar-refractivity contribution in [2.24, 2.45) is 0 Å². The van der Waals surface area contributed by atoms with Crippen LogP contribution in [0, 0.1) is 0 Å². The molecule has 0 amide bonds. The lowest BCUT2D eigenvalue weighted by molar-refractivity contribution is 0.239. The van der Waals surface area contributed by atoms with Gasteiger partial charge < -0.3 is 5.11 Å². The highest BCUT2D eigenvalue weighted by Crippen LogP contribution is 2.25. The number of hydrogen-bond donors (Lipinski definition) is 2. The Bertz CT molecular complexity index is 618. The van der Waals surface area contributed by atoms with Gasteiger partial charge in [-0.15, -0.1) is 0 Å². The van der Waals surface area contributed by atoms with Crippen LogP contribution in [-0.4, -0.2) is 23.1 Å². The van der Waals surface area contributed by atoms with E-state index < -0.39 is 15.6 Å². The molecule has 1 heterocycles. The van der Waals surface area contributed by atoms with Gasteiger partial charge in [-0.1, -0.05) is 24.3 Å². The Morgan fingerprint density at radius 2 is 1.88 bits per heavy atom. The van der Waals surface area contributed by atoms with Crippen LogP contribution in [0.15, 0.2) is 36.5 Å². The van der Waals surface area contributed by atoms with Crippen molar-refractivity contribution < 1.29 is 18.1 Å². The van der Waals surface area contributed by atoms with Gasteiger partial charge in [0, 0.05) is 17.1 Å². The van der Waals surface area contributed by atoms with Crippen molar-refractivity contribution in [3.8, 4) is 0 Å². The minimum Gasteiger partial charge on any atom is -0.371 e. The van der Waals surface area contributed by atoms with Crippen LogP contribution in [0.5, 0.6) is 0 Å². The number of para-hydroxylation sites is 1. The Morgan fingerprint density at radius 3 is 2.56 bits per heavy atom. The van der Waals surface area contributed by atoms with Crippen LogP contribution in [0.4, 0.5) is 0 Å². The second-order valence-electron chi connectivity index (χ2n) is 3.29. The van der Waals surface area contributed by atoms with Crippen molar-refractivity contribution in [1.29, 1.82) is 0 Å². The normalized spacial score (nSPS) is 13.9. The zero-order valence-electron chi connectivity index (χ0n) is 8.11. The lowest BCUT2D eigenvalue weighted by atomic mass is 10.1. The van der Waals surface area contributed by atoms with E-state index in [1.165, 1.54) is 12.3 Å². The number of aromatic nitrogens is 1. The molecule has 0 aliphatic heterocycles. The maximum Gasteiger partial charge on any atom is 0.296 e. The molecule has 6 heteroatoms. The van der Waals surface area contributed by atoms with Crippen molar-refractivity contribution >= 4 is 21.0 Å². The molecule has 0 bridgehead atoms. The van der Waals surface area contributed by atoms with Crippen LogP contribution in [0.3, 0.4) is 0 Å². The van der Waals surface area contributed by atoms with Gasteiger partial charge in [-0.05, 0) is 6.07 Å². The fourth-order valence-electron chi connectivity index (χ4n) is 1.49. The highest BCUT2D eigenvalue weighted by Gasteiger charge is 2.24. The summed E-state index contributed by atoms with van der Waals surface area (Å²) >= 11 is 0. The number of aliphatic hydroxyl groups is 1. The third-order valence-corrected chi connectivity index (χ3v) is 3.03. The molecule has 1 aromatic carbocycles. The molecule has 2 rings (SSSR count). The molecule has 0 saturated carbocycles. The Kier molecular flexibility index (Phi) is 2.63. The average molecular weight is 239 g/mol. The van der Waals surface area contributed by atoms with Gasteiger partial charge in [0.15, 0.2) is 0 Å². The first-order valence-corrected chi connectivity index (χ1v) is 5.98. The van der Waals surface area contributed by atoms with Crippen LogP contribution in [0.2, 0.25) is 0 Å². The lowest BCUT2D eigenvalue weighted by Crippen LogP contribution is -2.11. The Labute approximate surface area is 92.1 Å². The number of rotatable bonds is 2. The quantitative estimate of drug-likeness (QED) is 0.766. The van der Waals surface area contributed by atoms with E-state index in [1.807, 2.05) is 0 Å². The standard InChI is InChI=1S/C10H9NO4S/c12-10(16(13,14)15)8-5-1-3-7-4-2-6-11-9(7)8/h1-6,10,12H,(H,13,14,15). The van der Waals surface area contributed by atoms with Gasteiger partial charge in [0.05, 0.1) is 5.52 Å². The smallest absolute Gasteiger partial charge is 0.296 e. The van der Waals surface area contributed by atoms with Gasteiger partial charge in [0.25, 0.3) is 10.1 Å². The SMILES string of the molecule is O=S(=O)(O)C(O)c1cccc2cccnc12. The molecular weight excluding hydrogens is 230 g/mol. The van der Waals surface area contributed by atoms with Crippen LogP contribution >= 0.6 is 0 Å². The summed E-state index contributed by atoms with van der Waals surface area (Å²) in [5, 5.41) is 10.2. The van der Waals surface area contributed by atoms with Crippen molar-refractivity contribution in [2.75, 3.05) is 0 Å². The Balaban J connectivity index is 2.70. The first-order valence-electron chi connectivity index (χ1n) is 4.48. The molecule has 2 N–H and O–H groups in total. The van der Waals surface area contributed by atoms with E-state index in [0.717, 1.165) is 0 Å². The number of pyridine rings is 1. The van der Waals surface area contributed by atoms with Gasteiger partial charge in [0.1, 0.15) is 0 Å². The maximum atomic E-state index is 10.9. The van der Waals surface area contributed by atoms with Crippen molar-refractivity contribution in [3.05, 3.63) is 42.1 Å². The van der Waals surface area contributed by atoms with Gasteiger partial charge in [-0.25, -0.2) is 0 Å². The second kappa shape index (κ2) is 3.82. The van der Waals surface area contributed by atoms with E-state index in [0.29, 0.717) is 10.9 Å². The Morgan fingerprint density at radius 1 is 1.19 bits per heavy atom. The third kappa shape index (κ3) is 1.90. The van der Waals surface area contributed by atoms with Crippen molar-refractivity contribution in [3.63, 3.8) is 0 Å². The summed E-state index contributed by atoms with van der Waals surface area (Å²) in [6.07, 6.45) is 1.49. The summed E-state index contributed by atoms with van der Waals surface area (Å²) in [5.74, 6) is 0. The molecule has 0 fully saturated rings. The van der Waals surface area contributed by atoms with E-state index in [9.17, 15) is 13.5 Å². The van der Waals surface area contributed by atoms with Crippen LogP contribution < -0.4 is 0 Å². The summed E-state index contributed by atoms with van der Waals surface area (Å²) in [7, 11) is -4.53. The zero-order chi connectivity index (χ0) is 11.8. The molecule has 84 valence electrons. The number of fused-ring (bicyclic) bond motifs is 1. The fourth-order valence-corrected chi connectivity index (χ4v) is 2.00. The minimum absolute atomic E-state index is 0.0700. The van der Waals surface area contributed by atoms with E-state index >= 15 is 0 Å². The summed E-state index contributed by atoms with van der Waals surface area (Å²) < 4.78 is 30.5. The van der Waals surface area contributed by atoms with Crippen LogP contribution in [0.1, 0.15) is 11.0 Å². The average Bonchev–Trinajstić information content (AvgIpc) is 2.26. The fraction of sp³-hybridized carbons (Fsp3) is 0.100. The summed E-state index contributed by atoms with van der Waals surface area (Å²) in [4.78, 5) is 3.98. The van der Waals surface area contributed by atoms with Gasteiger partial charge in [-0.2, -0.15) is 8.42 Å². The molecule has 0 aliphatic rings. The van der Waals surface area contributed by atoms with Crippen molar-refractivity contribution in [1.82, 2.24) is 4.98 Å². The predicted octanol–water partition coefficient (Wildman–Crippen LogP) is 1.11. The molecule has 1 aromatic heterocycles. The predicted molar refractivity (Wildman–Crippen MR) is 58.3 cm³/mol. The van der Waals surface area contributed by atoms with E-state index in [-0.39, 0.29) is 5.56 Å². The highest BCUT2D eigenvalue weighted by atomic mass is 32.2. The third-order valence-electron chi connectivity index (χ3n) is 2.21. The molecular formula is C10H9NO4S. The number of nitrogens with zero attached hydrogens (tertiary/aromatic N) is 1. The Hall–Kier alpha value is -1.50. The molecule has 0 radical (unpaired) electrons. The monoisotopic (exact) mass is 239 g/mol. The zero-order valence-corrected chi connectivity index (χ0v) is 8.92. The summed E-state index contributed by atoms with van der Waals surface area (Å²) in [5.41, 5.74) is -1.54. The largest absolute Gasteiger partial charge is 0.371 e. The molecule has 1 atom stereocenters. The van der Waals surface area contributed by atoms with Gasteiger partial charge in [0.2, 0.25) is 5.44 Å². The maximum absolute atomic E-state index is 10.9. The van der Waals surface area contributed by atoms with Gasteiger partial charge in [-0.3, -0.25) is 9.54 Å². The topological polar surface area (TPSA) is 87.5 Å². The first kappa shape index (κ1) is 11.0. The summed E-state index contributed by atoms with van der Waals surface area (Å²) in [6, 6.07) is 8.18. The highest BCUT2D eigenvalue weighted by molar-refractivity contribution is 7.85. The summed E-state index contributed by atoms with van der Waals surface area (Å²) in [6.45, 7) is 0. The molecule has 0 aliphatic carbocycles. The molecule has 0 saturated heterocycles. The van der Waals surface area contributed by atoms with E-state index in [1.54, 1.807) is 24.3 Å². The van der Waals surface area contributed by atoms with Crippen molar-refractivity contribution in [2.45, 2.75) is 5.44 Å². The first-order chi connectivity index (χ1) is 7.50. The molecule has 0 spiro atoms. The second-order valence-corrected chi connectivity index (χ2v) is 4.77. The van der Waals surface area contributed by atoms with E-state index in [4.69, 9.17) is 4.55 Å². The molecule has 16 heavy (non-hydrogen) atoms. The molecule has 1 unspecified atom stereocenters. The van der Waals surface area contributed by atoms with E-state index in [2.05, 4.69) is 4.98 Å². The lowest BCUT2D eigenvalue weighted by Gasteiger charge is -2.09. The number of hydrogen-bond acceptors (Lipinski definition) is 4. The molecule has 2 aromatic rings.